The van der Waals surface area contributed by atoms with Crippen molar-refractivity contribution < 1.29 is 4.79 Å². The number of carbonyl (C=O) groups is 1. The van der Waals surface area contributed by atoms with Crippen molar-refractivity contribution in [3.05, 3.63) is 84.4 Å². The molecule has 0 radical (unpaired) electrons. The maximum atomic E-state index is 12.9. The fourth-order valence-electron chi connectivity index (χ4n) is 4.79. The third-order valence-corrected chi connectivity index (χ3v) is 5.87. The highest BCUT2D eigenvalue weighted by atomic mass is 16.2. The summed E-state index contributed by atoms with van der Waals surface area (Å²) >= 11 is 0. The Balaban J connectivity index is 1.74. The molecule has 0 N–H and O–H groups in total. The van der Waals surface area contributed by atoms with Crippen molar-refractivity contribution >= 4 is 5.91 Å². The van der Waals surface area contributed by atoms with Gasteiger partial charge in [0.05, 0.1) is 0 Å². The molecule has 1 amide bonds. The summed E-state index contributed by atoms with van der Waals surface area (Å²) in [5.74, 6) is 0.652. The Morgan fingerprint density at radius 3 is 2.42 bits per heavy atom. The number of carbonyl (C=O) groups excluding carboxylic acids is 1. The van der Waals surface area contributed by atoms with Gasteiger partial charge < -0.3 is 4.90 Å². The summed E-state index contributed by atoms with van der Waals surface area (Å²) in [5.41, 5.74) is 2.46. The molecule has 2 aromatic carbocycles. The van der Waals surface area contributed by atoms with Gasteiger partial charge in [0.25, 0.3) is 0 Å². The van der Waals surface area contributed by atoms with Gasteiger partial charge in [-0.3, -0.25) is 4.79 Å². The zero-order chi connectivity index (χ0) is 16.6. The first kappa shape index (κ1) is 15.2. The van der Waals surface area contributed by atoms with Crippen molar-refractivity contribution in [3.63, 3.8) is 0 Å². The van der Waals surface area contributed by atoms with E-state index in [1.54, 1.807) is 0 Å². The molecule has 3 atom stereocenters. The second-order valence-electron chi connectivity index (χ2n) is 7.09. The standard InChI is InChI=1S/C22H23NO/c1-2-18-13-14-22(19-11-7-4-8-12-19)15-20(24)23(21(18)22)16-17-9-5-3-6-10-17/h2-12,18,21H,1,13-16H2/t18-,21+,22-/m1/s1. The predicted molar refractivity (Wildman–Crippen MR) is 96.4 cm³/mol. The highest BCUT2D eigenvalue weighted by Gasteiger charge is 2.58. The zero-order valence-corrected chi connectivity index (χ0v) is 13.9. The van der Waals surface area contributed by atoms with E-state index in [4.69, 9.17) is 0 Å². The van der Waals surface area contributed by atoms with Gasteiger partial charge in [-0.2, -0.15) is 0 Å². The van der Waals surface area contributed by atoms with Crippen LogP contribution in [-0.4, -0.2) is 16.8 Å². The summed E-state index contributed by atoms with van der Waals surface area (Å²) in [6.07, 6.45) is 4.86. The average molecular weight is 317 g/mol. The molecule has 1 aliphatic heterocycles. The highest BCUT2D eigenvalue weighted by molar-refractivity contribution is 5.82. The molecule has 0 bridgehead atoms. The van der Waals surface area contributed by atoms with E-state index in [-0.39, 0.29) is 17.4 Å². The molecule has 1 saturated carbocycles. The lowest BCUT2D eigenvalue weighted by molar-refractivity contribution is -0.130. The summed E-state index contributed by atoms with van der Waals surface area (Å²) in [6.45, 7) is 4.75. The third-order valence-electron chi connectivity index (χ3n) is 5.87. The van der Waals surface area contributed by atoms with Crippen LogP contribution in [0.4, 0.5) is 0 Å². The van der Waals surface area contributed by atoms with Crippen LogP contribution in [-0.2, 0) is 16.8 Å². The Morgan fingerprint density at radius 1 is 1.08 bits per heavy atom. The molecule has 2 fully saturated rings. The first-order chi connectivity index (χ1) is 11.7. The molecule has 1 saturated heterocycles. The van der Waals surface area contributed by atoms with E-state index in [0.29, 0.717) is 18.9 Å². The molecule has 4 rings (SSSR count). The summed E-state index contributed by atoms with van der Waals surface area (Å²) in [7, 11) is 0. The van der Waals surface area contributed by atoms with E-state index < -0.39 is 0 Å². The molecule has 2 aliphatic rings. The summed E-state index contributed by atoms with van der Waals surface area (Å²) < 4.78 is 0. The zero-order valence-electron chi connectivity index (χ0n) is 13.9. The molecule has 24 heavy (non-hydrogen) atoms. The lowest BCUT2D eigenvalue weighted by atomic mass is 9.74. The van der Waals surface area contributed by atoms with Crippen molar-refractivity contribution in [2.45, 2.75) is 37.3 Å². The fraction of sp³-hybridized carbons (Fsp3) is 0.318. The first-order valence-corrected chi connectivity index (χ1v) is 8.76. The van der Waals surface area contributed by atoms with Gasteiger partial charge in [0, 0.05) is 24.4 Å². The Morgan fingerprint density at radius 2 is 1.75 bits per heavy atom. The Hall–Kier alpha value is -2.35. The molecule has 0 unspecified atom stereocenters. The van der Waals surface area contributed by atoms with E-state index in [1.807, 2.05) is 24.3 Å². The van der Waals surface area contributed by atoms with Gasteiger partial charge in [-0.05, 0) is 29.9 Å². The maximum Gasteiger partial charge on any atom is 0.224 e. The molecule has 2 heteroatoms. The van der Waals surface area contributed by atoms with Crippen LogP contribution in [0.3, 0.4) is 0 Å². The van der Waals surface area contributed by atoms with Crippen LogP contribution in [0, 0.1) is 5.92 Å². The molecule has 2 nitrogen and oxygen atoms in total. The van der Waals surface area contributed by atoms with Crippen molar-refractivity contribution in [2.24, 2.45) is 5.92 Å². The number of likely N-dealkylation sites (tertiary alicyclic amines) is 1. The minimum atomic E-state index is -0.0496. The molecule has 122 valence electrons. The number of rotatable bonds is 4. The first-order valence-electron chi connectivity index (χ1n) is 8.76. The van der Waals surface area contributed by atoms with Crippen LogP contribution in [0.5, 0.6) is 0 Å². The number of amides is 1. The Labute approximate surface area is 143 Å². The SMILES string of the molecule is C=C[C@@H]1CC[C@]2(c3ccccc3)CC(=O)N(Cc3ccccc3)[C@@H]12. The number of hydrogen-bond donors (Lipinski definition) is 0. The summed E-state index contributed by atoms with van der Waals surface area (Å²) in [4.78, 5) is 15.0. The Kier molecular flexibility index (Phi) is 3.76. The molecular weight excluding hydrogens is 294 g/mol. The van der Waals surface area contributed by atoms with Gasteiger partial charge >= 0.3 is 0 Å². The molecule has 1 heterocycles. The normalized spacial score (nSPS) is 28.8. The van der Waals surface area contributed by atoms with Gasteiger partial charge in [0.1, 0.15) is 0 Å². The van der Waals surface area contributed by atoms with E-state index in [9.17, 15) is 4.79 Å². The topological polar surface area (TPSA) is 20.3 Å². The van der Waals surface area contributed by atoms with Crippen LogP contribution in [0.1, 0.15) is 30.4 Å². The van der Waals surface area contributed by atoms with Crippen molar-refractivity contribution in [3.8, 4) is 0 Å². The lowest BCUT2D eigenvalue weighted by Gasteiger charge is -2.35. The molecule has 0 aromatic heterocycles. The molecule has 2 aromatic rings. The number of nitrogens with zero attached hydrogens (tertiary/aromatic N) is 1. The van der Waals surface area contributed by atoms with E-state index in [1.165, 1.54) is 11.1 Å². The lowest BCUT2D eigenvalue weighted by Crippen LogP contribution is -2.42. The average Bonchev–Trinajstić information content (AvgIpc) is 3.12. The second-order valence-corrected chi connectivity index (χ2v) is 7.09. The van der Waals surface area contributed by atoms with Gasteiger partial charge in [-0.25, -0.2) is 0 Å². The summed E-state index contributed by atoms with van der Waals surface area (Å²) in [6, 6.07) is 21.2. The Bertz CT molecular complexity index is 739. The predicted octanol–water partition coefficient (Wildman–Crippen LogP) is 4.32. The molecule has 0 spiro atoms. The third kappa shape index (κ3) is 2.29. The summed E-state index contributed by atoms with van der Waals surface area (Å²) in [5, 5.41) is 0. The smallest absolute Gasteiger partial charge is 0.224 e. The van der Waals surface area contributed by atoms with E-state index in [2.05, 4.69) is 54.0 Å². The quantitative estimate of drug-likeness (QED) is 0.769. The minimum absolute atomic E-state index is 0.0496. The van der Waals surface area contributed by atoms with Gasteiger partial charge in [0.2, 0.25) is 5.91 Å². The van der Waals surface area contributed by atoms with Crippen LogP contribution < -0.4 is 0 Å². The highest BCUT2D eigenvalue weighted by Crippen LogP contribution is 2.54. The van der Waals surface area contributed by atoms with Crippen molar-refractivity contribution in [1.82, 2.24) is 4.90 Å². The number of benzene rings is 2. The van der Waals surface area contributed by atoms with Crippen molar-refractivity contribution in [1.29, 1.82) is 0 Å². The largest absolute Gasteiger partial charge is 0.334 e. The van der Waals surface area contributed by atoms with E-state index >= 15 is 0 Å². The molecule has 1 aliphatic carbocycles. The minimum Gasteiger partial charge on any atom is -0.334 e. The number of hydrogen-bond acceptors (Lipinski definition) is 1. The van der Waals surface area contributed by atoms with Crippen LogP contribution in [0.2, 0.25) is 0 Å². The van der Waals surface area contributed by atoms with Gasteiger partial charge in [0.15, 0.2) is 0 Å². The second kappa shape index (κ2) is 5.94. The van der Waals surface area contributed by atoms with Gasteiger partial charge in [-0.15, -0.1) is 6.58 Å². The fourth-order valence-corrected chi connectivity index (χ4v) is 4.79. The van der Waals surface area contributed by atoms with Crippen molar-refractivity contribution in [2.75, 3.05) is 0 Å². The van der Waals surface area contributed by atoms with Crippen LogP contribution in [0.25, 0.3) is 0 Å². The monoisotopic (exact) mass is 317 g/mol. The molecular formula is C22H23NO. The van der Waals surface area contributed by atoms with Crippen LogP contribution in [0.15, 0.2) is 73.3 Å². The maximum absolute atomic E-state index is 12.9. The van der Waals surface area contributed by atoms with Crippen LogP contribution >= 0.6 is 0 Å². The van der Waals surface area contributed by atoms with Gasteiger partial charge in [-0.1, -0.05) is 66.7 Å². The number of fused-ring (bicyclic) bond motifs is 1. The van der Waals surface area contributed by atoms with E-state index in [0.717, 1.165) is 12.8 Å².